The zero-order chi connectivity index (χ0) is 15.7. The van der Waals surface area contributed by atoms with Crippen molar-refractivity contribution in [2.45, 2.75) is 6.92 Å². The summed E-state index contributed by atoms with van der Waals surface area (Å²) in [5.41, 5.74) is 2.98. The molecule has 1 aromatic heterocycles. The average Bonchev–Trinajstić information content (AvgIpc) is 2.49. The van der Waals surface area contributed by atoms with Gasteiger partial charge in [0.05, 0.1) is 21.8 Å². The molecule has 0 fully saturated rings. The number of amides is 1. The van der Waals surface area contributed by atoms with E-state index < -0.39 is 0 Å². The number of carbonyl (C=O) groups is 1. The topological polar surface area (TPSA) is 42.0 Å². The maximum atomic E-state index is 12.5. The van der Waals surface area contributed by atoms with E-state index in [0.29, 0.717) is 10.6 Å². The van der Waals surface area contributed by atoms with E-state index in [2.05, 4.69) is 32.9 Å². The first-order valence-corrected chi connectivity index (χ1v) is 8.13. The number of fused-ring (bicyclic) bond motifs is 1. The van der Waals surface area contributed by atoms with E-state index in [1.807, 2.05) is 43.3 Å². The van der Waals surface area contributed by atoms with Gasteiger partial charge >= 0.3 is 0 Å². The van der Waals surface area contributed by atoms with Crippen LogP contribution in [0.25, 0.3) is 10.9 Å². The molecule has 22 heavy (non-hydrogen) atoms. The second kappa shape index (κ2) is 6.22. The summed E-state index contributed by atoms with van der Waals surface area (Å²) < 4.78 is 0.961. The zero-order valence-electron chi connectivity index (χ0n) is 11.7. The Balaban J connectivity index is 1.99. The summed E-state index contributed by atoms with van der Waals surface area (Å²) >= 11 is 8.28. The SMILES string of the molecule is Cc1ccc2c(NC(=O)c3cc(I)ccc3Cl)cccc2n1. The van der Waals surface area contributed by atoms with Crippen LogP contribution in [0.4, 0.5) is 5.69 Å². The van der Waals surface area contributed by atoms with Gasteiger partial charge in [-0.05, 0) is 72.0 Å². The molecule has 0 aliphatic rings. The smallest absolute Gasteiger partial charge is 0.257 e. The highest BCUT2D eigenvalue weighted by Gasteiger charge is 2.12. The number of anilines is 1. The third kappa shape index (κ3) is 3.08. The molecule has 2 aromatic carbocycles. The molecule has 3 rings (SSSR count). The Morgan fingerprint density at radius 3 is 2.82 bits per heavy atom. The first-order valence-electron chi connectivity index (χ1n) is 6.67. The first-order chi connectivity index (χ1) is 10.5. The number of halogens is 2. The fourth-order valence-corrected chi connectivity index (χ4v) is 2.92. The highest BCUT2D eigenvalue weighted by molar-refractivity contribution is 14.1. The number of aryl methyl sites for hydroxylation is 1. The van der Waals surface area contributed by atoms with E-state index in [0.717, 1.165) is 25.9 Å². The van der Waals surface area contributed by atoms with E-state index >= 15 is 0 Å². The predicted octanol–water partition coefficient (Wildman–Crippen LogP) is 5.05. The van der Waals surface area contributed by atoms with E-state index in [1.165, 1.54) is 0 Å². The van der Waals surface area contributed by atoms with Gasteiger partial charge in [-0.15, -0.1) is 0 Å². The van der Waals surface area contributed by atoms with Crippen LogP contribution in [0, 0.1) is 10.5 Å². The molecule has 110 valence electrons. The number of carbonyl (C=O) groups excluding carboxylic acids is 1. The van der Waals surface area contributed by atoms with E-state index in [1.54, 1.807) is 12.1 Å². The van der Waals surface area contributed by atoms with Gasteiger partial charge in [-0.3, -0.25) is 9.78 Å². The summed E-state index contributed by atoms with van der Waals surface area (Å²) in [6.45, 7) is 1.94. The number of rotatable bonds is 2. The number of benzene rings is 2. The predicted molar refractivity (Wildman–Crippen MR) is 98.6 cm³/mol. The maximum Gasteiger partial charge on any atom is 0.257 e. The third-order valence-corrected chi connectivity index (χ3v) is 4.29. The van der Waals surface area contributed by atoms with Crippen LogP contribution in [0.3, 0.4) is 0 Å². The van der Waals surface area contributed by atoms with Crippen molar-refractivity contribution < 1.29 is 4.79 Å². The van der Waals surface area contributed by atoms with E-state index in [9.17, 15) is 4.79 Å². The fourth-order valence-electron chi connectivity index (χ4n) is 2.23. The van der Waals surface area contributed by atoms with Gasteiger partial charge in [-0.1, -0.05) is 17.7 Å². The lowest BCUT2D eigenvalue weighted by molar-refractivity contribution is 0.102. The minimum absolute atomic E-state index is 0.225. The van der Waals surface area contributed by atoms with Crippen LogP contribution in [0.5, 0.6) is 0 Å². The van der Waals surface area contributed by atoms with Crippen molar-refractivity contribution >= 4 is 56.7 Å². The summed E-state index contributed by atoms with van der Waals surface area (Å²) in [7, 11) is 0. The van der Waals surface area contributed by atoms with Crippen LogP contribution in [0.15, 0.2) is 48.5 Å². The van der Waals surface area contributed by atoms with Crippen molar-refractivity contribution in [2.24, 2.45) is 0 Å². The van der Waals surface area contributed by atoms with Crippen molar-refractivity contribution in [3.8, 4) is 0 Å². The van der Waals surface area contributed by atoms with Crippen molar-refractivity contribution in [1.29, 1.82) is 0 Å². The number of hydrogen-bond acceptors (Lipinski definition) is 2. The maximum absolute atomic E-state index is 12.5. The Hall–Kier alpha value is -1.66. The standard InChI is InChI=1S/C17H12ClIN2O/c1-10-5-7-12-15(20-10)3-2-4-16(12)21-17(22)13-9-11(19)6-8-14(13)18/h2-9H,1H3,(H,21,22). The summed E-state index contributed by atoms with van der Waals surface area (Å²) in [6, 6.07) is 14.9. The van der Waals surface area contributed by atoms with Crippen molar-refractivity contribution in [3.63, 3.8) is 0 Å². The number of nitrogens with one attached hydrogen (secondary N) is 1. The number of pyridine rings is 1. The first kappa shape index (κ1) is 15.2. The minimum atomic E-state index is -0.225. The van der Waals surface area contributed by atoms with Crippen LogP contribution < -0.4 is 5.32 Å². The highest BCUT2D eigenvalue weighted by atomic mass is 127. The second-order valence-corrected chi connectivity index (χ2v) is 6.56. The van der Waals surface area contributed by atoms with E-state index in [4.69, 9.17) is 11.6 Å². The molecular weight excluding hydrogens is 411 g/mol. The van der Waals surface area contributed by atoms with Gasteiger partial charge in [0.15, 0.2) is 0 Å². The zero-order valence-corrected chi connectivity index (χ0v) is 14.6. The molecule has 0 saturated heterocycles. The van der Waals surface area contributed by atoms with Gasteiger partial charge in [0, 0.05) is 14.7 Å². The van der Waals surface area contributed by atoms with Crippen molar-refractivity contribution in [3.05, 3.63) is 68.4 Å². The van der Waals surface area contributed by atoms with Crippen LogP contribution in [0.1, 0.15) is 16.1 Å². The Kier molecular flexibility index (Phi) is 4.31. The van der Waals surface area contributed by atoms with Gasteiger partial charge in [0.2, 0.25) is 0 Å². The molecule has 0 saturated carbocycles. The van der Waals surface area contributed by atoms with Crippen molar-refractivity contribution in [1.82, 2.24) is 4.98 Å². The Labute approximate surface area is 146 Å². The number of aromatic nitrogens is 1. The normalized spacial score (nSPS) is 10.7. The van der Waals surface area contributed by atoms with Crippen LogP contribution in [-0.4, -0.2) is 10.9 Å². The van der Waals surface area contributed by atoms with Crippen LogP contribution >= 0.6 is 34.2 Å². The quantitative estimate of drug-likeness (QED) is 0.587. The summed E-state index contributed by atoms with van der Waals surface area (Å²) in [5, 5.41) is 4.26. The van der Waals surface area contributed by atoms with Gasteiger partial charge in [-0.25, -0.2) is 0 Å². The van der Waals surface area contributed by atoms with Gasteiger partial charge in [0.1, 0.15) is 0 Å². The molecule has 5 heteroatoms. The number of hydrogen-bond donors (Lipinski definition) is 1. The van der Waals surface area contributed by atoms with Crippen LogP contribution in [-0.2, 0) is 0 Å². The molecule has 0 radical (unpaired) electrons. The molecule has 1 amide bonds. The molecule has 0 spiro atoms. The molecule has 0 atom stereocenters. The molecule has 0 aliphatic heterocycles. The molecular formula is C17H12ClIN2O. The summed E-state index contributed by atoms with van der Waals surface area (Å²) in [4.78, 5) is 16.9. The molecule has 1 heterocycles. The minimum Gasteiger partial charge on any atom is -0.321 e. The molecule has 0 aliphatic carbocycles. The number of nitrogens with zero attached hydrogens (tertiary/aromatic N) is 1. The molecule has 1 N–H and O–H groups in total. The third-order valence-electron chi connectivity index (χ3n) is 3.29. The van der Waals surface area contributed by atoms with Gasteiger partial charge in [0.25, 0.3) is 5.91 Å². The molecule has 3 nitrogen and oxygen atoms in total. The molecule has 3 aromatic rings. The largest absolute Gasteiger partial charge is 0.321 e. The van der Waals surface area contributed by atoms with Crippen LogP contribution in [0.2, 0.25) is 5.02 Å². The fraction of sp³-hybridized carbons (Fsp3) is 0.0588. The lowest BCUT2D eigenvalue weighted by Gasteiger charge is -2.10. The Morgan fingerprint density at radius 2 is 2.00 bits per heavy atom. The van der Waals surface area contributed by atoms with Crippen molar-refractivity contribution in [2.75, 3.05) is 5.32 Å². The molecule has 0 bridgehead atoms. The summed E-state index contributed by atoms with van der Waals surface area (Å²) in [5.74, 6) is -0.225. The lowest BCUT2D eigenvalue weighted by Crippen LogP contribution is -2.13. The molecule has 0 unspecified atom stereocenters. The Morgan fingerprint density at radius 1 is 1.18 bits per heavy atom. The highest BCUT2D eigenvalue weighted by Crippen LogP contribution is 2.25. The second-order valence-electron chi connectivity index (χ2n) is 4.90. The Bertz CT molecular complexity index is 880. The summed E-state index contributed by atoms with van der Waals surface area (Å²) in [6.07, 6.45) is 0. The van der Waals surface area contributed by atoms with Gasteiger partial charge in [-0.2, -0.15) is 0 Å². The van der Waals surface area contributed by atoms with E-state index in [-0.39, 0.29) is 5.91 Å². The monoisotopic (exact) mass is 422 g/mol. The average molecular weight is 423 g/mol. The lowest BCUT2D eigenvalue weighted by atomic mass is 10.1. The van der Waals surface area contributed by atoms with Gasteiger partial charge < -0.3 is 5.32 Å².